The number of rotatable bonds is 1. The van der Waals surface area contributed by atoms with Crippen molar-refractivity contribution in [2.45, 2.75) is 6.04 Å². The first kappa shape index (κ1) is 13.5. The molecule has 112 valence electrons. The second kappa shape index (κ2) is 4.92. The molecule has 4 rings (SSSR count). The molecule has 1 atom stereocenters. The summed E-state index contributed by atoms with van der Waals surface area (Å²) in [5, 5.41) is 0.724. The molecule has 1 fully saturated rings. The van der Waals surface area contributed by atoms with Crippen LogP contribution in [-0.2, 0) is 4.79 Å². The van der Waals surface area contributed by atoms with Crippen molar-refractivity contribution < 1.29 is 4.79 Å². The van der Waals surface area contributed by atoms with Gasteiger partial charge < -0.3 is 14.7 Å². The van der Waals surface area contributed by atoms with Crippen molar-refractivity contribution in [2.75, 3.05) is 35.0 Å². The van der Waals surface area contributed by atoms with Crippen LogP contribution in [0.2, 0.25) is 5.02 Å². The number of amides is 1. The summed E-state index contributed by atoms with van der Waals surface area (Å²) in [5.41, 5.74) is 3.18. The predicted molar refractivity (Wildman–Crippen MR) is 89.8 cm³/mol. The maximum atomic E-state index is 12.6. The standard InChI is InChI=1S/C17H16ClN3O/c1-19-14-4-2-3-5-15(14)21-11-20(10-16(21)17(19)22)13-8-6-12(18)7-9-13/h2-9,16H,10-11H2,1H3/t16-/m0/s1. The largest absolute Gasteiger partial charge is 0.351 e. The maximum Gasteiger partial charge on any atom is 0.251 e. The maximum absolute atomic E-state index is 12.6. The summed E-state index contributed by atoms with van der Waals surface area (Å²) >= 11 is 5.96. The topological polar surface area (TPSA) is 26.8 Å². The van der Waals surface area contributed by atoms with Crippen molar-refractivity contribution in [1.29, 1.82) is 0 Å². The highest BCUT2D eigenvalue weighted by Crippen LogP contribution is 2.38. The van der Waals surface area contributed by atoms with Crippen molar-refractivity contribution in [1.82, 2.24) is 0 Å². The van der Waals surface area contributed by atoms with Crippen LogP contribution in [0.15, 0.2) is 48.5 Å². The van der Waals surface area contributed by atoms with Gasteiger partial charge in [0.05, 0.1) is 18.0 Å². The molecule has 22 heavy (non-hydrogen) atoms. The summed E-state index contributed by atoms with van der Waals surface area (Å²) in [7, 11) is 1.85. The highest BCUT2D eigenvalue weighted by atomic mass is 35.5. The van der Waals surface area contributed by atoms with E-state index in [1.165, 1.54) is 0 Å². The predicted octanol–water partition coefficient (Wildman–Crippen LogP) is 2.97. The quantitative estimate of drug-likeness (QED) is 0.810. The molecule has 0 unspecified atom stereocenters. The van der Waals surface area contributed by atoms with E-state index < -0.39 is 0 Å². The lowest BCUT2D eigenvalue weighted by Gasteiger charge is -2.36. The molecule has 1 saturated heterocycles. The molecule has 2 aromatic carbocycles. The van der Waals surface area contributed by atoms with Gasteiger partial charge in [0.15, 0.2) is 0 Å². The van der Waals surface area contributed by atoms with E-state index >= 15 is 0 Å². The Kier molecular flexibility index (Phi) is 3.01. The number of carbonyl (C=O) groups excluding carboxylic acids is 1. The molecule has 1 amide bonds. The number of hydrogen-bond acceptors (Lipinski definition) is 3. The van der Waals surface area contributed by atoms with Crippen LogP contribution >= 0.6 is 11.6 Å². The fourth-order valence-corrected chi connectivity index (χ4v) is 3.40. The summed E-state index contributed by atoms with van der Waals surface area (Å²) in [5.74, 6) is 0.148. The first-order valence-electron chi connectivity index (χ1n) is 7.29. The van der Waals surface area contributed by atoms with Crippen molar-refractivity contribution in [2.24, 2.45) is 0 Å². The number of benzene rings is 2. The van der Waals surface area contributed by atoms with Crippen molar-refractivity contribution in [3.8, 4) is 0 Å². The van der Waals surface area contributed by atoms with E-state index in [0.717, 1.165) is 22.1 Å². The number of nitrogens with zero attached hydrogens (tertiary/aromatic N) is 3. The minimum atomic E-state index is -0.129. The van der Waals surface area contributed by atoms with Gasteiger partial charge in [-0.1, -0.05) is 23.7 Å². The van der Waals surface area contributed by atoms with Gasteiger partial charge in [0.25, 0.3) is 5.91 Å². The second-order valence-electron chi connectivity index (χ2n) is 5.71. The van der Waals surface area contributed by atoms with Gasteiger partial charge in [0.2, 0.25) is 0 Å². The monoisotopic (exact) mass is 313 g/mol. The highest BCUT2D eigenvalue weighted by Gasteiger charge is 2.42. The Morgan fingerprint density at radius 3 is 2.45 bits per heavy atom. The van der Waals surface area contributed by atoms with Crippen molar-refractivity contribution >= 4 is 34.6 Å². The third kappa shape index (κ3) is 1.95. The number of carbonyl (C=O) groups is 1. The average Bonchev–Trinajstić information content (AvgIpc) is 2.99. The lowest BCUT2D eigenvalue weighted by Crippen LogP contribution is -2.50. The molecule has 2 aliphatic heterocycles. The minimum absolute atomic E-state index is 0.129. The lowest BCUT2D eigenvalue weighted by atomic mass is 10.1. The number of likely N-dealkylation sites (N-methyl/N-ethyl adjacent to an activating group) is 1. The Morgan fingerprint density at radius 1 is 1.05 bits per heavy atom. The molecule has 2 aromatic rings. The van der Waals surface area contributed by atoms with Gasteiger partial charge in [-0.05, 0) is 36.4 Å². The molecular weight excluding hydrogens is 298 g/mol. The second-order valence-corrected chi connectivity index (χ2v) is 6.15. The lowest BCUT2D eigenvalue weighted by molar-refractivity contribution is -0.119. The van der Waals surface area contributed by atoms with Crippen LogP contribution in [0.25, 0.3) is 0 Å². The number of hydrogen-bond donors (Lipinski definition) is 0. The fourth-order valence-electron chi connectivity index (χ4n) is 3.27. The molecule has 0 bridgehead atoms. The van der Waals surface area contributed by atoms with Crippen LogP contribution in [0.4, 0.5) is 17.1 Å². The third-order valence-corrected chi connectivity index (χ3v) is 4.70. The van der Waals surface area contributed by atoms with Gasteiger partial charge >= 0.3 is 0 Å². The first-order valence-corrected chi connectivity index (χ1v) is 7.67. The van der Waals surface area contributed by atoms with Gasteiger partial charge in [-0.25, -0.2) is 0 Å². The smallest absolute Gasteiger partial charge is 0.251 e. The van der Waals surface area contributed by atoms with E-state index in [4.69, 9.17) is 11.6 Å². The minimum Gasteiger partial charge on any atom is -0.351 e. The highest BCUT2D eigenvalue weighted by molar-refractivity contribution is 6.30. The Morgan fingerprint density at radius 2 is 1.73 bits per heavy atom. The van der Waals surface area contributed by atoms with Gasteiger partial charge in [-0.3, -0.25) is 4.79 Å². The SMILES string of the molecule is CN1C(=O)[C@@H]2CN(c3ccc(Cl)cc3)CN2c2ccccc21. The number of halogens is 1. The third-order valence-electron chi connectivity index (χ3n) is 4.45. The molecule has 0 spiro atoms. The van der Waals surface area contributed by atoms with Gasteiger partial charge in [-0.15, -0.1) is 0 Å². The van der Waals surface area contributed by atoms with Crippen molar-refractivity contribution in [3.63, 3.8) is 0 Å². The van der Waals surface area contributed by atoms with Crippen LogP contribution in [0.5, 0.6) is 0 Å². The van der Waals surface area contributed by atoms with Gasteiger partial charge in [-0.2, -0.15) is 0 Å². The van der Waals surface area contributed by atoms with E-state index in [2.05, 4.69) is 15.9 Å². The Balaban J connectivity index is 1.71. The zero-order valence-electron chi connectivity index (χ0n) is 12.2. The molecule has 0 aromatic heterocycles. The van der Waals surface area contributed by atoms with Crippen LogP contribution < -0.4 is 14.7 Å². The number of fused-ring (bicyclic) bond motifs is 3. The molecule has 5 heteroatoms. The van der Waals surface area contributed by atoms with E-state index in [0.29, 0.717) is 13.2 Å². The van der Waals surface area contributed by atoms with E-state index in [9.17, 15) is 4.79 Å². The first-order chi connectivity index (χ1) is 10.6. The number of para-hydroxylation sites is 2. The van der Waals surface area contributed by atoms with Crippen molar-refractivity contribution in [3.05, 3.63) is 53.6 Å². The normalized spacial score (nSPS) is 20.2. The molecule has 2 aliphatic rings. The summed E-state index contributed by atoms with van der Waals surface area (Å²) in [6, 6.07) is 15.7. The zero-order chi connectivity index (χ0) is 15.3. The van der Waals surface area contributed by atoms with Crippen LogP contribution in [-0.4, -0.2) is 32.2 Å². The van der Waals surface area contributed by atoms with E-state index in [1.54, 1.807) is 4.90 Å². The summed E-state index contributed by atoms with van der Waals surface area (Å²) in [4.78, 5) is 18.8. The molecule has 0 aliphatic carbocycles. The molecule has 0 saturated carbocycles. The zero-order valence-corrected chi connectivity index (χ0v) is 13.0. The molecule has 0 radical (unpaired) electrons. The summed E-state index contributed by atoms with van der Waals surface area (Å²) < 4.78 is 0. The van der Waals surface area contributed by atoms with Crippen LogP contribution in [0, 0.1) is 0 Å². The molecule has 4 nitrogen and oxygen atoms in total. The molecular formula is C17H16ClN3O. The Hall–Kier alpha value is -2.20. The number of anilines is 3. The van der Waals surface area contributed by atoms with Gasteiger partial charge in [0.1, 0.15) is 6.04 Å². The Labute approximate surface area is 134 Å². The molecule has 0 N–H and O–H groups in total. The summed E-state index contributed by atoms with van der Waals surface area (Å²) in [6.07, 6.45) is 0. The summed E-state index contributed by atoms with van der Waals surface area (Å²) in [6.45, 7) is 1.40. The average molecular weight is 314 g/mol. The van der Waals surface area contributed by atoms with Gasteiger partial charge in [0, 0.05) is 24.3 Å². The Bertz CT molecular complexity index is 731. The van der Waals surface area contributed by atoms with Crippen LogP contribution in [0.3, 0.4) is 0 Å². The van der Waals surface area contributed by atoms with E-state index in [-0.39, 0.29) is 11.9 Å². The van der Waals surface area contributed by atoms with E-state index in [1.807, 2.05) is 49.5 Å². The fraction of sp³-hybridized carbons (Fsp3) is 0.235. The van der Waals surface area contributed by atoms with Crippen LogP contribution in [0.1, 0.15) is 0 Å². The molecule has 2 heterocycles.